The van der Waals surface area contributed by atoms with Crippen LogP contribution in [0.1, 0.15) is 43.4 Å². The number of ether oxygens (including phenoxy) is 1. The first kappa shape index (κ1) is 26.1. The summed E-state index contributed by atoms with van der Waals surface area (Å²) in [5.74, 6) is -0.634. The smallest absolute Gasteiger partial charge is 0.303 e. The van der Waals surface area contributed by atoms with Gasteiger partial charge in [0.15, 0.2) is 0 Å². The van der Waals surface area contributed by atoms with Gasteiger partial charge in [-0.2, -0.15) is 4.31 Å². The monoisotopic (exact) mass is 507 g/mol. The van der Waals surface area contributed by atoms with Crippen LogP contribution in [0.15, 0.2) is 40.6 Å². The van der Waals surface area contributed by atoms with Crippen LogP contribution in [0, 0.1) is 19.7 Å². The van der Waals surface area contributed by atoms with Crippen molar-refractivity contribution in [1.29, 1.82) is 0 Å². The maximum atomic E-state index is 13.7. The first-order valence-electron chi connectivity index (χ1n) is 11.2. The van der Waals surface area contributed by atoms with Crippen molar-refractivity contribution in [2.24, 2.45) is 0 Å². The summed E-state index contributed by atoms with van der Waals surface area (Å²) in [6.07, 6.45) is 0.725. The standard InChI is InChI=1S/C25H30FNO5S2/c1-5-12-27(34(30,31)25-18(4)22-14-20(26)8-10-23(22)33-25)15-17(3)32-21-9-6-19(16(2)13-21)7-11-24(28)29/h6,8-10,13-14,17H,5,7,11-12,15H2,1-4H3,(H,28,29). The molecule has 0 saturated heterocycles. The van der Waals surface area contributed by atoms with Gasteiger partial charge in [0.05, 0.1) is 6.54 Å². The lowest BCUT2D eigenvalue weighted by Crippen LogP contribution is -2.39. The Bertz CT molecular complexity index is 1290. The molecule has 1 unspecified atom stereocenters. The Morgan fingerprint density at radius 2 is 1.94 bits per heavy atom. The summed E-state index contributed by atoms with van der Waals surface area (Å²) in [6.45, 7) is 7.85. The maximum Gasteiger partial charge on any atom is 0.303 e. The molecule has 1 heterocycles. The summed E-state index contributed by atoms with van der Waals surface area (Å²) in [6, 6.07) is 9.79. The number of carboxylic acids is 1. The number of hydrogen-bond donors (Lipinski definition) is 1. The molecule has 1 atom stereocenters. The van der Waals surface area contributed by atoms with Gasteiger partial charge in [-0.1, -0.05) is 13.0 Å². The zero-order valence-electron chi connectivity index (χ0n) is 19.8. The first-order chi connectivity index (χ1) is 16.0. The van der Waals surface area contributed by atoms with E-state index in [-0.39, 0.29) is 17.2 Å². The van der Waals surface area contributed by atoms with E-state index in [1.807, 2.05) is 32.9 Å². The molecule has 34 heavy (non-hydrogen) atoms. The van der Waals surface area contributed by atoms with Crippen LogP contribution >= 0.6 is 11.3 Å². The van der Waals surface area contributed by atoms with Crippen molar-refractivity contribution >= 4 is 37.4 Å². The van der Waals surface area contributed by atoms with Gasteiger partial charge in [-0.05, 0) is 86.0 Å². The van der Waals surface area contributed by atoms with Crippen molar-refractivity contribution in [2.75, 3.05) is 13.1 Å². The molecule has 0 aliphatic carbocycles. The summed E-state index contributed by atoms with van der Waals surface area (Å²) in [5, 5.41) is 9.50. The number of sulfonamides is 1. The van der Waals surface area contributed by atoms with Gasteiger partial charge in [0, 0.05) is 17.7 Å². The van der Waals surface area contributed by atoms with Crippen LogP contribution in [0.4, 0.5) is 4.39 Å². The molecule has 9 heteroatoms. The molecule has 3 rings (SSSR count). The Balaban J connectivity index is 1.78. The highest BCUT2D eigenvalue weighted by Crippen LogP contribution is 2.36. The van der Waals surface area contributed by atoms with Gasteiger partial charge in [-0.25, -0.2) is 12.8 Å². The van der Waals surface area contributed by atoms with Gasteiger partial charge in [0.1, 0.15) is 21.9 Å². The number of hydrogen-bond acceptors (Lipinski definition) is 5. The Kier molecular flexibility index (Phi) is 8.33. The summed E-state index contributed by atoms with van der Waals surface area (Å²) in [7, 11) is -3.79. The molecule has 0 bridgehead atoms. The molecular formula is C25H30FNO5S2. The summed E-state index contributed by atoms with van der Waals surface area (Å²) >= 11 is 1.16. The molecule has 0 amide bonds. The van der Waals surface area contributed by atoms with Gasteiger partial charge in [0.2, 0.25) is 0 Å². The Morgan fingerprint density at radius 3 is 2.59 bits per heavy atom. The second kappa shape index (κ2) is 10.8. The molecular weight excluding hydrogens is 477 g/mol. The van der Waals surface area contributed by atoms with Gasteiger partial charge in [-0.15, -0.1) is 11.3 Å². The average molecular weight is 508 g/mol. The van der Waals surface area contributed by atoms with Crippen LogP contribution in [0.3, 0.4) is 0 Å². The minimum Gasteiger partial charge on any atom is -0.489 e. The normalized spacial score (nSPS) is 12.9. The quantitative estimate of drug-likeness (QED) is 0.368. The number of aliphatic carboxylic acids is 1. The second-order valence-electron chi connectivity index (χ2n) is 8.43. The third-order valence-corrected chi connectivity index (χ3v) is 9.36. The minimum atomic E-state index is -3.79. The van der Waals surface area contributed by atoms with Crippen LogP contribution in [0.25, 0.3) is 10.1 Å². The number of carboxylic acid groups (broad SMARTS) is 1. The second-order valence-corrected chi connectivity index (χ2v) is 11.6. The molecule has 0 radical (unpaired) electrons. The van der Waals surface area contributed by atoms with E-state index in [9.17, 15) is 17.6 Å². The Hall–Kier alpha value is -2.49. The number of rotatable bonds is 11. The Labute approximate surface area is 204 Å². The van der Waals surface area contributed by atoms with E-state index in [0.717, 1.165) is 27.2 Å². The molecule has 2 aromatic carbocycles. The maximum absolute atomic E-state index is 13.7. The SMILES string of the molecule is CCCN(CC(C)Oc1ccc(CCC(=O)O)c(C)c1)S(=O)(=O)c1sc2ccc(F)cc2c1C. The van der Waals surface area contributed by atoms with E-state index in [2.05, 4.69) is 0 Å². The minimum absolute atomic E-state index is 0.0606. The van der Waals surface area contributed by atoms with Crippen molar-refractivity contribution < 1.29 is 27.4 Å². The third-order valence-electron chi connectivity index (χ3n) is 5.62. The van der Waals surface area contributed by atoms with E-state index in [4.69, 9.17) is 9.84 Å². The molecule has 1 aromatic heterocycles. The highest BCUT2D eigenvalue weighted by Gasteiger charge is 2.30. The Morgan fingerprint density at radius 1 is 1.21 bits per heavy atom. The number of halogens is 1. The van der Waals surface area contributed by atoms with Crippen molar-refractivity contribution in [3.05, 3.63) is 58.9 Å². The van der Waals surface area contributed by atoms with E-state index in [1.165, 1.54) is 16.4 Å². The molecule has 0 aliphatic rings. The largest absolute Gasteiger partial charge is 0.489 e. The lowest BCUT2D eigenvalue weighted by molar-refractivity contribution is -0.136. The van der Waals surface area contributed by atoms with Crippen molar-refractivity contribution in [1.82, 2.24) is 4.31 Å². The van der Waals surface area contributed by atoms with Gasteiger partial charge >= 0.3 is 5.97 Å². The number of carbonyl (C=O) groups is 1. The van der Waals surface area contributed by atoms with Gasteiger partial charge < -0.3 is 9.84 Å². The van der Waals surface area contributed by atoms with E-state index >= 15 is 0 Å². The van der Waals surface area contributed by atoms with Crippen LogP contribution < -0.4 is 4.74 Å². The number of fused-ring (bicyclic) bond motifs is 1. The van der Waals surface area contributed by atoms with E-state index in [1.54, 1.807) is 19.1 Å². The van der Waals surface area contributed by atoms with Gasteiger partial charge in [-0.3, -0.25) is 4.79 Å². The van der Waals surface area contributed by atoms with Gasteiger partial charge in [0.25, 0.3) is 10.0 Å². The fourth-order valence-corrected chi connectivity index (χ4v) is 7.40. The van der Waals surface area contributed by atoms with Crippen LogP contribution in [0.5, 0.6) is 5.75 Å². The molecule has 0 saturated carbocycles. The van der Waals surface area contributed by atoms with Crippen LogP contribution in [-0.4, -0.2) is 43.0 Å². The van der Waals surface area contributed by atoms with Crippen molar-refractivity contribution in [3.8, 4) is 5.75 Å². The molecule has 1 N–H and O–H groups in total. The van der Waals surface area contributed by atoms with Crippen LogP contribution in [-0.2, 0) is 21.2 Å². The molecule has 184 valence electrons. The fourth-order valence-electron chi connectivity index (χ4n) is 3.91. The average Bonchev–Trinajstić information content (AvgIpc) is 3.09. The molecule has 0 fully saturated rings. The lowest BCUT2D eigenvalue weighted by atomic mass is 10.0. The first-order valence-corrected chi connectivity index (χ1v) is 13.4. The summed E-state index contributed by atoms with van der Waals surface area (Å²) in [5.41, 5.74) is 2.42. The van der Waals surface area contributed by atoms with E-state index in [0.29, 0.717) is 36.1 Å². The molecule has 0 aliphatic heterocycles. The third kappa shape index (κ3) is 5.95. The topological polar surface area (TPSA) is 83.9 Å². The van der Waals surface area contributed by atoms with E-state index < -0.39 is 27.9 Å². The van der Waals surface area contributed by atoms with Crippen molar-refractivity contribution in [3.63, 3.8) is 0 Å². The van der Waals surface area contributed by atoms with Crippen molar-refractivity contribution in [2.45, 2.75) is 57.3 Å². The zero-order chi connectivity index (χ0) is 25.0. The predicted molar refractivity (Wildman–Crippen MR) is 133 cm³/mol. The molecule has 6 nitrogen and oxygen atoms in total. The van der Waals surface area contributed by atoms with Crippen LogP contribution in [0.2, 0.25) is 0 Å². The number of aryl methyl sites for hydroxylation is 3. The lowest BCUT2D eigenvalue weighted by Gasteiger charge is -2.25. The summed E-state index contributed by atoms with van der Waals surface area (Å²) in [4.78, 5) is 10.8. The fraction of sp³-hybridized carbons (Fsp3) is 0.400. The highest BCUT2D eigenvalue weighted by molar-refractivity contribution is 7.91. The number of thiophene rings is 1. The number of nitrogens with zero attached hydrogens (tertiary/aromatic N) is 1. The zero-order valence-corrected chi connectivity index (χ0v) is 21.4. The highest BCUT2D eigenvalue weighted by atomic mass is 32.2. The molecule has 3 aromatic rings. The number of benzene rings is 2. The summed E-state index contributed by atoms with van der Waals surface area (Å²) < 4.78 is 49.2. The molecule has 0 spiro atoms. The predicted octanol–water partition coefficient (Wildman–Crippen LogP) is 5.54.